The standard InChI is InChI=1S/C20H25FN2O4/c1-19(2,3)27-18(24)23-16-8-20(25,9-17(23)12-26-11-16)7-13-4-5-15(21)6-14(13)10-22/h4-6,16-17,25H,7-9,11-12H2,1-3H3. The summed E-state index contributed by atoms with van der Waals surface area (Å²) in [5.74, 6) is -0.479. The molecule has 146 valence electrons. The van der Waals surface area contributed by atoms with E-state index in [1.807, 2.05) is 26.8 Å². The number of halogens is 1. The average Bonchev–Trinajstić information content (AvgIpc) is 2.53. The van der Waals surface area contributed by atoms with Crippen molar-refractivity contribution in [3.63, 3.8) is 0 Å². The molecule has 2 atom stereocenters. The predicted molar refractivity (Wildman–Crippen MR) is 95.5 cm³/mol. The van der Waals surface area contributed by atoms with Crippen LogP contribution in [0.2, 0.25) is 0 Å². The van der Waals surface area contributed by atoms with Gasteiger partial charge in [-0.25, -0.2) is 9.18 Å². The van der Waals surface area contributed by atoms with Gasteiger partial charge >= 0.3 is 6.09 Å². The maximum absolute atomic E-state index is 13.4. The van der Waals surface area contributed by atoms with E-state index in [-0.39, 0.29) is 24.1 Å². The summed E-state index contributed by atoms with van der Waals surface area (Å²) in [5, 5.41) is 20.5. The molecule has 1 amide bonds. The molecule has 0 radical (unpaired) electrons. The molecule has 2 saturated heterocycles. The minimum absolute atomic E-state index is 0.222. The maximum atomic E-state index is 13.4. The molecule has 3 rings (SSSR count). The van der Waals surface area contributed by atoms with Crippen LogP contribution in [0.5, 0.6) is 0 Å². The van der Waals surface area contributed by atoms with Crippen LogP contribution in [0, 0.1) is 17.1 Å². The number of carbonyl (C=O) groups excluding carboxylic acids is 1. The minimum atomic E-state index is -1.10. The quantitative estimate of drug-likeness (QED) is 0.858. The van der Waals surface area contributed by atoms with Crippen molar-refractivity contribution in [2.24, 2.45) is 0 Å². The zero-order valence-corrected chi connectivity index (χ0v) is 15.9. The number of nitrogens with zero attached hydrogens (tertiary/aromatic N) is 2. The number of nitriles is 1. The van der Waals surface area contributed by atoms with Crippen molar-refractivity contribution >= 4 is 6.09 Å². The molecule has 6 nitrogen and oxygen atoms in total. The van der Waals surface area contributed by atoms with E-state index in [9.17, 15) is 19.6 Å². The lowest BCUT2D eigenvalue weighted by atomic mass is 9.77. The van der Waals surface area contributed by atoms with Gasteiger partial charge in [-0.1, -0.05) is 6.07 Å². The molecule has 2 unspecified atom stereocenters. The van der Waals surface area contributed by atoms with Crippen molar-refractivity contribution < 1.29 is 23.8 Å². The summed E-state index contributed by atoms with van der Waals surface area (Å²) in [5.41, 5.74) is -0.873. The first kappa shape index (κ1) is 19.6. The number of morpholine rings is 1. The Kier molecular flexibility index (Phi) is 5.15. The van der Waals surface area contributed by atoms with Gasteiger partial charge in [0.1, 0.15) is 11.4 Å². The zero-order chi connectivity index (χ0) is 19.8. The van der Waals surface area contributed by atoms with Crippen LogP contribution in [0.4, 0.5) is 9.18 Å². The Hall–Kier alpha value is -2.17. The van der Waals surface area contributed by atoms with Crippen molar-refractivity contribution in [2.45, 2.75) is 63.3 Å². The number of ether oxygens (including phenoxy) is 2. The van der Waals surface area contributed by atoms with Crippen molar-refractivity contribution in [2.75, 3.05) is 13.2 Å². The van der Waals surface area contributed by atoms with Crippen molar-refractivity contribution in [3.8, 4) is 6.07 Å². The van der Waals surface area contributed by atoms with Gasteiger partial charge in [0.05, 0.1) is 42.5 Å². The molecule has 0 aliphatic carbocycles. The van der Waals surface area contributed by atoms with Crippen molar-refractivity contribution in [1.82, 2.24) is 4.90 Å². The number of hydrogen-bond donors (Lipinski definition) is 1. The Bertz CT molecular complexity index is 754. The molecule has 1 aromatic rings. The van der Waals surface area contributed by atoms with Crippen LogP contribution >= 0.6 is 0 Å². The summed E-state index contributed by atoms with van der Waals surface area (Å²) in [6, 6.07) is 5.39. The molecule has 2 bridgehead atoms. The van der Waals surface area contributed by atoms with Crippen LogP contribution in [0.25, 0.3) is 0 Å². The first-order valence-electron chi connectivity index (χ1n) is 9.10. The molecule has 2 aliphatic rings. The van der Waals surface area contributed by atoms with Gasteiger partial charge in [0.2, 0.25) is 0 Å². The van der Waals surface area contributed by atoms with Gasteiger partial charge in [0.25, 0.3) is 0 Å². The number of benzene rings is 1. The molecular weight excluding hydrogens is 351 g/mol. The van der Waals surface area contributed by atoms with Gasteiger partial charge in [-0.15, -0.1) is 0 Å². The number of hydrogen-bond acceptors (Lipinski definition) is 5. The fraction of sp³-hybridized carbons (Fsp3) is 0.600. The van der Waals surface area contributed by atoms with Gasteiger partial charge < -0.3 is 14.6 Å². The smallest absolute Gasteiger partial charge is 0.410 e. The van der Waals surface area contributed by atoms with Gasteiger partial charge in [-0.05, 0) is 51.3 Å². The summed E-state index contributed by atoms with van der Waals surface area (Å²) >= 11 is 0. The Labute approximate surface area is 158 Å². The molecule has 0 saturated carbocycles. The van der Waals surface area contributed by atoms with Crippen molar-refractivity contribution in [1.29, 1.82) is 5.26 Å². The Balaban J connectivity index is 1.79. The van der Waals surface area contributed by atoms with Crippen LogP contribution in [0.15, 0.2) is 18.2 Å². The molecule has 2 aliphatic heterocycles. The minimum Gasteiger partial charge on any atom is -0.444 e. The highest BCUT2D eigenvalue weighted by Crippen LogP contribution is 2.38. The maximum Gasteiger partial charge on any atom is 0.410 e. The predicted octanol–water partition coefficient (Wildman–Crippen LogP) is 2.77. The Morgan fingerprint density at radius 2 is 2.04 bits per heavy atom. The van der Waals surface area contributed by atoms with Gasteiger partial charge in [-0.3, -0.25) is 4.90 Å². The molecule has 7 heteroatoms. The van der Waals surface area contributed by atoms with E-state index in [1.165, 1.54) is 12.1 Å². The number of rotatable bonds is 2. The van der Waals surface area contributed by atoms with Gasteiger partial charge in [0.15, 0.2) is 0 Å². The first-order chi connectivity index (χ1) is 12.6. The van der Waals surface area contributed by atoms with E-state index in [2.05, 4.69) is 0 Å². The fourth-order valence-electron chi connectivity index (χ4n) is 3.99. The number of amides is 1. The highest BCUT2D eigenvalue weighted by Gasteiger charge is 2.49. The summed E-state index contributed by atoms with van der Waals surface area (Å²) < 4.78 is 24.5. The van der Waals surface area contributed by atoms with Crippen molar-refractivity contribution in [3.05, 3.63) is 35.1 Å². The number of fused-ring (bicyclic) bond motifs is 2. The van der Waals surface area contributed by atoms with Crippen LogP contribution in [-0.2, 0) is 15.9 Å². The second kappa shape index (κ2) is 7.10. The summed E-state index contributed by atoms with van der Waals surface area (Å²) in [6.07, 6.45) is 0.448. The fourth-order valence-corrected chi connectivity index (χ4v) is 3.99. The molecule has 1 aromatic carbocycles. The largest absolute Gasteiger partial charge is 0.444 e. The van der Waals surface area contributed by atoms with E-state index in [0.29, 0.717) is 31.6 Å². The number of carbonyl (C=O) groups is 1. The van der Waals surface area contributed by atoms with E-state index in [1.54, 1.807) is 11.0 Å². The lowest BCUT2D eigenvalue weighted by Gasteiger charge is -2.51. The molecule has 2 heterocycles. The highest BCUT2D eigenvalue weighted by molar-refractivity contribution is 5.69. The van der Waals surface area contributed by atoms with Gasteiger partial charge in [0, 0.05) is 6.42 Å². The third-order valence-electron chi connectivity index (χ3n) is 4.95. The van der Waals surface area contributed by atoms with Crippen LogP contribution < -0.4 is 0 Å². The molecule has 2 fully saturated rings. The molecule has 0 aromatic heterocycles. The molecular formula is C20H25FN2O4. The third kappa shape index (κ3) is 4.40. The van der Waals surface area contributed by atoms with E-state index >= 15 is 0 Å². The van der Waals surface area contributed by atoms with Gasteiger partial charge in [-0.2, -0.15) is 5.26 Å². The summed E-state index contributed by atoms with van der Waals surface area (Å²) in [4.78, 5) is 14.3. The average molecular weight is 376 g/mol. The summed E-state index contributed by atoms with van der Waals surface area (Å²) in [6.45, 7) is 6.10. The van der Waals surface area contributed by atoms with E-state index < -0.39 is 23.1 Å². The number of aliphatic hydroxyl groups is 1. The first-order valence-corrected chi connectivity index (χ1v) is 9.10. The second-order valence-corrected chi connectivity index (χ2v) is 8.46. The normalized spacial score (nSPS) is 27.8. The lowest BCUT2D eigenvalue weighted by Crippen LogP contribution is -2.64. The molecule has 1 N–H and O–H groups in total. The van der Waals surface area contributed by atoms with E-state index in [0.717, 1.165) is 0 Å². The van der Waals surface area contributed by atoms with Crippen LogP contribution in [0.3, 0.4) is 0 Å². The SMILES string of the molecule is CC(C)(C)OC(=O)N1C2COCC1CC(O)(Cc1ccc(F)cc1C#N)C2. The topological polar surface area (TPSA) is 82.8 Å². The molecule has 27 heavy (non-hydrogen) atoms. The van der Waals surface area contributed by atoms with Crippen LogP contribution in [-0.4, -0.2) is 52.6 Å². The number of piperidine rings is 1. The van der Waals surface area contributed by atoms with Crippen LogP contribution in [0.1, 0.15) is 44.7 Å². The third-order valence-corrected chi connectivity index (χ3v) is 4.95. The summed E-state index contributed by atoms with van der Waals surface area (Å²) in [7, 11) is 0. The Morgan fingerprint density at radius 1 is 1.41 bits per heavy atom. The lowest BCUT2D eigenvalue weighted by molar-refractivity contribution is -0.137. The monoisotopic (exact) mass is 376 g/mol. The Morgan fingerprint density at radius 3 is 2.59 bits per heavy atom. The molecule has 0 spiro atoms. The highest BCUT2D eigenvalue weighted by atomic mass is 19.1. The second-order valence-electron chi connectivity index (χ2n) is 8.46. The van der Waals surface area contributed by atoms with E-state index in [4.69, 9.17) is 9.47 Å². The zero-order valence-electron chi connectivity index (χ0n) is 15.9.